The molecule has 1 aliphatic carbocycles. The standard InChI is InChI=1S/C13H14ClNO4S2/c14-9-3-5-10(6-4-9)21(18,19)15-11(13(16)17)7-20-12(15)8-1-2-8/h3-6,8,11-12H,1-2,7H2,(H,16,17). The maximum Gasteiger partial charge on any atom is 0.322 e. The molecule has 1 aromatic rings. The van der Waals surface area contributed by atoms with Crippen molar-refractivity contribution in [1.82, 2.24) is 4.31 Å². The molecule has 1 saturated heterocycles. The number of hydrogen-bond acceptors (Lipinski definition) is 4. The van der Waals surface area contributed by atoms with Crippen LogP contribution in [0.25, 0.3) is 0 Å². The largest absolute Gasteiger partial charge is 0.480 e. The first-order valence-electron chi connectivity index (χ1n) is 6.55. The van der Waals surface area contributed by atoms with E-state index in [1.54, 1.807) is 0 Å². The van der Waals surface area contributed by atoms with Gasteiger partial charge in [-0.05, 0) is 43.0 Å². The lowest BCUT2D eigenvalue weighted by Gasteiger charge is -2.26. The molecule has 2 unspecified atom stereocenters. The first kappa shape index (κ1) is 15.1. The number of aliphatic carboxylic acids is 1. The molecule has 0 amide bonds. The Morgan fingerprint density at radius 1 is 1.29 bits per heavy atom. The lowest BCUT2D eigenvalue weighted by Crippen LogP contribution is -2.46. The Labute approximate surface area is 132 Å². The fourth-order valence-corrected chi connectivity index (χ4v) is 6.38. The van der Waals surface area contributed by atoms with Gasteiger partial charge in [0.2, 0.25) is 10.0 Å². The molecule has 3 rings (SSSR count). The van der Waals surface area contributed by atoms with Crippen LogP contribution in [0.3, 0.4) is 0 Å². The highest BCUT2D eigenvalue weighted by Gasteiger charge is 2.51. The summed E-state index contributed by atoms with van der Waals surface area (Å²) < 4.78 is 26.8. The highest BCUT2D eigenvalue weighted by Crippen LogP contribution is 2.47. The van der Waals surface area contributed by atoms with E-state index in [1.807, 2.05) is 0 Å². The van der Waals surface area contributed by atoms with Crippen LogP contribution in [0.1, 0.15) is 12.8 Å². The zero-order chi connectivity index (χ0) is 15.2. The van der Waals surface area contributed by atoms with Crippen LogP contribution in [0.5, 0.6) is 0 Å². The minimum absolute atomic E-state index is 0.0892. The molecule has 1 N–H and O–H groups in total. The van der Waals surface area contributed by atoms with Crippen LogP contribution in [-0.2, 0) is 14.8 Å². The second-order valence-electron chi connectivity index (χ2n) is 5.20. The van der Waals surface area contributed by atoms with Gasteiger partial charge in [0.05, 0.1) is 10.3 Å². The summed E-state index contributed by atoms with van der Waals surface area (Å²) in [4.78, 5) is 11.5. The van der Waals surface area contributed by atoms with Crippen molar-refractivity contribution in [2.24, 2.45) is 5.92 Å². The van der Waals surface area contributed by atoms with E-state index in [1.165, 1.54) is 40.3 Å². The summed E-state index contributed by atoms with van der Waals surface area (Å²) in [7, 11) is -3.83. The van der Waals surface area contributed by atoms with Crippen molar-refractivity contribution in [3.8, 4) is 0 Å². The molecule has 2 atom stereocenters. The van der Waals surface area contributed by atoms with Gasteiger partial charge in [-0.3, -0.25) is 4.79 Å². The summed E-state index contributed by atoms with van der Waals surface area (Å²) in [6.45, 7) is 0. The predicted molar refractivity (Wildman–Crippen MR) is 80.9 cm³/mol. The third kappa shape index (κ3) is 2.79. The number of sulfonamides is 1. The van der Waals surface area contributed by atoms with Gasteiger partial charge in [-0.15, -0.1) is 11.8 Å². The number of thioether (sulfide) groups is 1. The Bertz CT molecular complexity index is 657. The van der Waals surface area contributed by atoms with Crippen molar-refractivity contribution in [3.05, 3.63) is 29.3 Å². The zero-order valence-electron chi connectivity index (χ0n) is 11.0. The van der Waals surface area contributed by atoms with Gasteiger partial charge in [0.25, 0.3) is 0 Å². The van der Waals surface area contributed by atoms with Crippen molar-refractivity contribution < 1.29 is 18.3 Å². The van der Waals surface area contributed by atoms with Gasteiger partial charge in [-0.2, -0.15) is 4.31 Å². The van der Waals surface area contributed by atoms with E-state index in [9.17, 15) is 18.3 Å². The van der Waals surface area contributed by atoms with Crippen LogP contribution in [0.2, 0.25) is 5.02 Å². The molecule has 0 aromatic heterocycles. The molecule has 0 spiro atoms. The van der Waals surface area contributed by atoms with Gasteiger partial charge in [0.15, 0.2) is 0 Å². The maximum absolute atomic E-state index is 12.8. The SMILES string of the molecule is O=C(O)C1CSC(C2CC2)N1S(=O)(=O)c1ccc(Cl)cc1. The van der Waals surface area contributed by atoms with Gasteiger partial charge in [0, 0.05) is 10.8 Å². The fourth-order valence-electron chi connectivity index (χ4n) is 2.45. The average Bonchev–Trinajstić information content (AvgIpc) is 3.17. The number of carboxylic acid groups (broad SMARTS) is 1. The third-order valence-corrected chi connectivity index (χ3v) is 7.43. The van der Waals surface area contributed by atoms with Crippen LogP contribution < -0.4 is 0 Å². The molecule has 1 aromatic carbocycles. The molecule has 5 nitrogen and oxygen atoms in total. The summed E-state index contributed by atoms with van der Waals surface area (Å²) in [5, 5.41) is 9.49. The predicted octanol–water partition coefficient (Wildman–Crippen LogP) is 2.27. The van der Waals surface area contributed by atoms with Gasteiger partial charge in [0.1, 0.15) is 6.04 Å². The van der Waals surface area contributed by atoms with Crippen molar-refractivity contribution >= 4 is 39.4 Å². The molecule has 0 radical (unpaired) electrons. The van der Waals surface area contributed by atoms with Crippen LogP contribution >= 0.6 is 23.4 Å². The molecule has 1 heterocycles. The van der Waals surface area contributed by atoms with E-state index >= 15 is 0 Å². The smallest absolute Gasteiger partial charge is 0.322 e. The van der Waals surface area contributed by atoms with Gasteiger partial charge in [-0.1, -0.05) is 11.6 Å². The minimum Gasteiger partial charge on any atom is -0.480 e. The Hall–Kier alpha value is -0.760. The fraction of sp³-hybridized carbons (Fsp3) is 0.462. The Morgan fingerprint density at radius 2 is 1.90 bits per heavy atom. The van der Waals surface area contributed by atoms with Gasteiger partial charge in [-0.25, -0.2) is 8.42 Å². The zero-order valence-corrected chi connectivity index (χ0v) is 13.4. The molecule has 21 heavy (non-hydrogen) atoms. The average molecular weight is 348 g/mol. The number of carbonyl (C=O) groups is 1. The van der Waals surface area contributed by atoms with E-state index in [4.69, 9.17) is 11.6 Å². The molecule has 0 bridgehead atoms. The highest BCUT2D eigenvalue weighted by atomic mass is 35.5. The van der Waals surface area contributed by atoms with Crippen LogP contribution in [-0.4, -0.2) is 41.0 Å². The number of halogens is 1. The van der Waals surface area contributed by atoms with E-state index in [0.29, 0.717) is 10.8 Å². The van der Waals surface area contributed by atoms with Gasteiger partial charge >= 0.3 is 5.97 Å². The molecule has 1 saturated carbocycles. The second-order valence-corrected chi connectivity index (χ2v) is 8.63. The number of carboxylic acids is 1. The molecule has 2 fully saturated rings. The topological polar surface area (TPSA) is 74.7 Å². The summed E-state index contributed by atoms with van der Waals surface area (Å²) >= 11 is 7.21. The van der Waals surface area contributed by atoms with E-state index in [2.05, 4.69) is 0 Å². The third-order valence-electron chi connectivity index (χ3n) is 3.68. The van der Waals surface area contributed by atoms with Crippen molar-refractivity contribution in [2.75, 3.05) is 5.75 Å². The normalized spacial score (nSPS) is 26.9. The van der Waals surface area contributed by atoms with Crippen molar-refractivity contribution in [3.63, 3.8) is 0 Å². The maximum atomic E-state index is 12.8. The van der Waals surface area contributed by atoms with Crippen molar-refractivity contribution in [2.45, 2.75) is 29.2 Å². The molecule has 1 aliphatic heterocycles. The summed E-state index contributed by atoms with van der Waals surface area (Å²) in [6.07, 6.45) is 1.91. The first-order valence-corrected chi connectivity index (χ1v) is 9.41. The van der Waals surface area contributed by atoms with Crippen LogP contribution in [0, 0.1) is 5.92 Å². The summed E-state index contributed by atoms with van der Waals surface area (Å²) in [5.74, 6) is -0.534. The van der Waals surface area contributed by atoms with Crippen molar-refractivity contribution in [1.29, 1.82) is 0 Å². The number of benzene rings is 1. The molecule has 114 valence electrons. The number of hydrogen-bond donors (Lipinski definition) is 1. The van der Waals surface area contributed by atoms with Gasteiger partial charge < -0.3 is 5.11 Å². The summed E-state index contributed by atoms with van der Waals surface area (Å²) in [6, 6.07) is 4.84. The first-order chi connectivity index (χ1) is 9.91. The minimum atomic E-state index is -3.83. The highest BCUT2D eigenvalue weighted by molar-refractivity contribution is 8.01. The molecule has 8 heteroatoms. The van der Waals surface area contributed by atoms with Crippen LogP contribution in [0.15, 0.2) is 29.2 Å². The molecular weight excluding hydrogens is 334 g/mol. The summed E-state index contributed by atoms with van der Waals surface area (Å²) in [5.41, 5.74) is 0. The van der Waals surface area contributed by atoms with E-state index < -0.39 is 22.0 Å². The number of rotatable bonds is 4. The lowest BCUT2D eigenvalue weighted by atomic mass is 10.3. The second kappa shape index (κ2) is 5.46. The quantitative estimate of drug-likeness (QED) is 0.904. The Kier molecular flexibility index (Phi) is 3.94. The number of nitrogens with zero attached hydrogens (tertiary/aromatic N) is 1. The molecular formula is C13H14ClNO4S2. The Balaban J connectivity index is 2.00. The monoisotopic (exact) mass is 347 g/mol. The van der Waals surface area contributed by atoms with E-state index in [-0.39, 0.29) is 16.2 Å². The van der Waals surface area contributed by atoms with Crippen LogP contribution in [0.4, 0.5) is 0 Å². The molecule has 2 aliphatic rings. The Morgan fingerprint density at radius 3 is 2.43 bits per heavy atom. The lowest BCUT2D eigenvalue weighted by molar-refractivity contribution is -0.140. The van der Waals surface area contributed by atoms with E-state index in [0.717, 1.165) is 12.8 Å².